The summed E-state index contributed by atoms with van der Waals surface area (Å²) < 4.78 is 13.7. The number of anilines is 1. The molecule has 0 radical (unpaired) electrons. The monoisotopic (exact) mass is 221 g/mol. The molecule has 2 rings (SSSR count). The van der Waals surface area contributed by atoms with E-state index in [0.29, 0.717) is 23.1 Å². The zero-order valence-corrected chi connectivity index (χ0v) is 9.61. The molecule has 1 aromatic rings. The number of para-hydroxylation sites is 1. The Morgan fingerprint density at radius 3 is 2.50 bits per heavy atom. The van der Waals surface area contributed by atoms with Crippen molar-refractivity contribution < 1.29 is 9.18 Å². The van der Waals surface area contributed by atoms with Crippen LogP contribution in [-0.4, -0.2) is 19.4 Å². The second kappa shape index (κ2) is 4.24. The van der Waals surface area contributed by atoms with Gasteiger partial charge in [-0.2, -0.15) is 0 Å². The average molecular weight is 221 g/mol. The maximum atomic E-state index is 13.7. The summed E-state index contributed by atoms with van der Waals surface area (Å²) in [6, 6.07) is 4.65. The minimum atomic E-state index is -0.300. The molecule has 0 amide bonds. The van der Waals surface area contributed by atoms with Crippen LogP contribution >= 0.6 is 0 Å². The fourth-order valence-electron chi connectivity index (χ4n) is 2.27. The van der Waals surface area contributed by atoms with Crippen molar-refractivity contribution in [1.29, 1.82) is 0 Å². The van der Waals surface area contributed by atoms with Crippen LogP contribution < -0.4 is 4.90 Å². The van der Waals surface area contributed by atoms with Crippen LogP contribution in [0, 0.1) is 17.7 Å². The van der Waals surface area contributed by atoms with E-state index in [4.69, 9.17) is 0 Å². The number of rotatable bonds is 2. The Hall–Kier alpha value is -1.38. The van der Waals surface area contributed by atoms with Crippen molar-refractivity contribution in [3.63, 3.8) is 0 Å². The first-order chi connectivity index (χ1) is 7.63. The smallest absolute Gasteiger partial charge is 0.152 e. The quantitative estimate of drug-likeness (QED) is 0.716. The molecular weight excluding hydrogens is 205 g/mol. The minimum absolute atomic E-state index is 0.300. The predicted octanol–water partition coefficient (Wildman–Crippen LogP) is 2.73. The summed E-state index contributed by atoms with van der Waals surface area (Å²) >= 11 is 0. The van der Waals surface area contributed by atoms with Gasteiger partial charge in [0.15, 0.2) is 6.29 Å². The fraction of sp³-hybridized carbons (Fsp3) is 0.462. The number of carbonyl (C=O) groups is 1. The first kappa shape index (κ1) is 11.1. The van der Waals surface area contributed by atoms with Gasteiger partial charge in [0.2, 0.25) is 0 Å². The molecule has 0 saturated carbocycles. The second-order valence-corrected chi connectivity index (χ2v) is 4.66. The van der Waals surface area contributed by atoms with Gasteiger partial charge in [-0.3, -0.25) is 4.79 Å². The molecule has 2 unspecified atom stereocenters. The highest BCUT2D eigenvalue weighted by atomic mass is 19.1. The third-order valence-electron chi connectivity index (χ3n) is 3.45. The van der Waals surface area contributed by atoms with Crippen LogP contribution in [0.4, 0.5) is 10.1 Å². The summed E-state index contributed by atoms with van der Waals surface area (Å²) in [6.45, 7) is 5.96. The van der Waals surface area contributed by atoms with Gasteiger partial charge in [-0.1, -0.05) is 19.9 Å². The third-order valence-corrected chi connectivity index (χ3v) is 3.45. The number of carbonyl (C=O) groups excluding carboxylic acids is 1. The molecule has 0 aliphatic carbocycles. The van der Waals surface area contributed by atoms with Crippen LogP contribution in [0.2, 0.25) is 0 Å². The van der Waals surface area contributed by atoms with Gasteiger partial charge < -0.3 is 4.90 Å². The fourth-order valence-corrected chi connectivity index (χ4v) is 2.27. The first-order valence-corrected chi connectivity index (χ1v) is 5.62. The van der Waals surface area contributed by atoms with E-state index >= 15 is 0 Å². The summed E-state index contributed by atoms with van der Waals surface area (Å²) in [6.07, 6.45) is 0.728. The van der Waals surface area contributed by atoms with Gasteiger partial charge in [0, 0.05) is 18.7 Å². The predicted molar refractivity (Wildman–Crippen MR) is 62.3 cm³/mol. The van der Waals surface area contributed by atoms with Gasteiger partial charge in [-0.05, 0) is 24.0 Å². The van der Waals surface area contributed by atoms with Gasteiger partial charge in [0.05, 0.1) is 5.69 Å². The van der Waals surface area contributed by atoms with Crippen LogP contribution in [0.25, 0.3) is 0 Å². The van der Waals surface area contributed by atoms with E-state index in [0.717, 1.165) is 19.4 Å². The Morgan fingerprint density at radius 1 is 1.31 bits per heavy atom. The molecule has 0 N–H and O–H groups in total. The molecule has 1 fully saturated rings. The van der Waals surface area contributed by atoms with Crippen molar-refractivity contribution in [2.75, 3.05) is 18.0 Å². The SMILES string of the molecule is CC1CN(c2c(F)cccc2C=O)CC1C. The van der Waals surface area contributed by atoms with Crippen LogP contribution in [0.15, 0.2) is 18.2 Å². The largest absolute Gasteiger partial charge is 0.368 e. The van der Waals surface area contributed by atoms with Crippen molar-refractivity contribution in [2.24, 2.45) is 11.8 Å². The van der Waals surface area contributed by atoms with Gasteiger partial charge >= 0.3 is 0 Å². The van der Waals surface area contributed by atoms with Crippen LogP contribution in [-0.2, 0) is 0 Å². The summed E-state index contributed by atoms with van der Waals surface area (Å²) in [5, 5.41) is 0. The lowest BCUT2D eigenvalue weighted by Gasteiger charge is -2.20. The normalized spacial score (nSPS) is 24.8. The van der Waals surface area contributed by atoms with E-state index in [1.54, 1.807) is 12.1 Å². The van der Waals surface area contributed by atoms with Gasteiger partial charge in [0.25, 0.3) is 0 Å². The summed E-state index contributed by atoms with van der Waals surface area (Å²) in [5.41, 5.74) is 0.912. The first-order valence-electron chi connectivity index (χ1n) is 5.62. The Labute approximate surface area is 95.1 Å². The molecule has 16 heavy (non-hydrogen) atoms. The molecule has 0 aromatic heterocycles. The number of benzene rings is 1. The maximum Gasteiger partial charge on any atom is 0.152 e. The molecule has 1 saturated heterocycles. The van der Waals surface area contributed by atoms with Gasteiger partial charge in [-0.15, -0.1) is 0 Å². The molecule has 1 aromatic carbocycles. The maximum absolute atomic E-state index is 13.7. The van der Waals surface area contributed by atoms with E-state index in [1.807, 2.05) is 4.90 Å². The summed E-state index contributed by atoms with van der Waals surface area (Å²) in [5.74, 6) is 0.782. The van der Waals surface area contributed by atoms with Crippen LogP contribution in [0.1, 0.15) is 24.2 Å². The highest BCUT2D eigenvalue weighted by Crippen LogP contribution is 2.31. The second-order valence-electron chi connectivity index (χ2n) is 4.66. The van der Waals surface area contributed by atoms with Crippen LogP contribution in [0.3, 0.4) is 0 Å². The van der Waals surface area contributed by atoms with E-state index in [1.165, 1.54) is 6.07 Å². The van der Waals surface area contributed by atoms with E-state index in [9.17, 15) is 9.18 Å². The Kier molecular flexibility index (Phi) is 2.95. The Bertz CT molecular complexity index is 395. The molecule has 1 aliphatic rings. The van der Waals surface area contributed by atoms with E-state index < -0.39 is 0 Å². The molecule has 2 atom stereocenters. The van der Waals surface area contributed by atoms with E-state index in [2.05, 4.69) is 13.8 Å². The topological polar surface area (TPSA) is 20.3 Å². The number of nitrogens with zero attached hydrogens (tertiary/aromatic N) is 1. The Morgan fingerprint density at radius 2 is 1.94 bits per heavy atom. The van der Waals surface area contributed by atoms with Crippen molar-refractivity contribution >= 4 is 12.0 Å². The molecule has 2 nitrogen and oxygen atoms in total. The minimum Gasteiger partial charge on any atom is -0.368 e. The lowest BCUT2D eigenvalue weighted by atomic mass is 10.0. The molecule has 3 heteroatoms. The average Bonchev–Trinajstić information content (AvgIpc) is 2.58. The van der Waals surface area contributed by atoms with Crippen molar-refractivity contribution in [3.05, 3.63) is 29.6 Å². The van der Waals surface area contributed by atoms with Crippen molar-refractivity contribution in [3.8, 4) is 0 Å². The zero-order valence-electron chi connectivity index (χ0n) is 9.61. The molecule has 1 aliphatic heterocycles. The highest BCUT2D eigenvalue weighted by Gasteiger charge is 2.28. The van der Waals surface area contributed by atoms with Gasteiger partial charge in [0.1, 0.15) is 5.82 Å². The third kappa shape index (κ3) is 1.82. The molecule has 0 spiro atoms. The van der Waals surface area contributed by atoms with E-state index in [-0.39, 0.29) is 5.82 Å². The zero-order chi connectivity index (χ0) is 11.7. The van der Waals surface area contributed by atoms with Crippen molar-refractivity contribution in [1.82, 2.24) is 0 Å². The lowest BCUT2D eigenvalue weighted by molar-refractivity contribution is 0.112. The molecular formula is C13H16FNO. The summed E-state index contributed by atoms with van der Waals surface area (Å²) in [4.78, 5) is 12.9. The highest BCUT2D eigenvalue weighted by molar-refractivity contribution is 5.85. The molecule has 86 valence electrons. The number of hydrogen-bond donors (Lipinski definition) is 0. The summed E-state index contributed by atoms with van der Waals surface area (Å²) in [7, 11) is 0. The van der Waals surface area contributed by atoms with Gasteiger partial charge in [-0.25, -0.2) is 4.39 Å². The number of aldehydes is 1. The number of halogens is 1. The molecule has 0 bridgehead atoms. The standard InChI is InChI=1S/C13H16FNO/c1-9-6-15(7-10(9)2)13-11(8-16)4-3-5-12(13)14/h3-5,8-10H,6-7H2,1-2H3. The number of hydrogen-bond acceptors (Lipinski definition) is 2. The van der Waals surface area contributed by atoms with Crippen molar-refractivity contribution in [2.45, 2.75) is 13.8 Å². The Balaban J connectivity index is 2.37. The van der Waals surface area contributed by atoms with Crippen LogP contribution in [0.5, 0.6) is 0 Å². The molecule has 1 heterocycles. The lowest BCUT2D eigenvalue weighted by Crippen LogP contribution is -2.22.